The highest BCUT2D eigenvalue weighted by atomic mass is 32.1. The number of hydrogen-bond acceptors (Lipinski definition) is 5. The molecule has 0 N–H and O–H groups in total. The van der Waals surface area contributed by atoms with Crippen molar-refractivity contribution >= 4 is 23.0 Å². The Morgan fingerprint density at radius 2 is 2.35 bits per heavy atom. The van der Waals surface area contributed by atoms with E-state index in [1.54, 1.807) is 17.2 Å². The molecule has 6 heteroatoms. The Bertz CT molecular complexity index is 698. The van der Waals surface area contributed by atoms with Gasteiger partial charge in [-0.25, -0.2) is 0 Å². The zero-order chi connectivity index (χ0) is 16.1. The number of carbonyl (C=O) groups is 1. The number of pyridine rings is 1. The van der Waals surface area contributed by atoms with Crippen molar-refractivity contribution in [3.05, 3.63) is 65.1 Å². The predicted molar refractivity (Wildman–Crippen MR) is 90.7 cm³/mol. The lowest BCUT2D eigenvalue weighted by molar-refractivity contribution is 0.0452. The normalized spacial score (nSPS) is 16.5. The van der Waals surface area contributed by atoms with Crippen LogP contribution in [0.5, 0.6) is 0 Å². The fourth-order valence-corrected chi connectivity index (χ4v) is 3.10. The largest absolute Gasteiger partial charge is 0.390 e. The first-order valence-electron chi connectivity index (χ1n) is 7.35. The van der Waals surface area contributed by atoms with Crippen LogP contribution in [-0.4, -0.2) is 40.7 Å². The standard InChI is InChI=1S/C17H17N3O2S/c1-2-9-20(17(21)16-7-5-10-23-16)12-13-11-15(19-22-13)14-6-3-4-8-18-14/h2-8,10,13H,1,9,11-12H2/t13-/m0/s1. The van der Waals surface area contributed by atoms with Crippen molar-refractivity contribution in [3.8, 4) is 0 Å². The second kappa shape index (κ2) is 7.19. The molecular formula is C17H17N3O2S. The van der Waals surface area contributed by atoms with Crippen molar-refractivity contribution in [1.29, 1.82) is 0 Å². The van der Waals surface area contributed by atoms with Gasteiger partial charge in [0, 0.05) is 19.2 Å². The molecule has 3 rings (SSSR count). The third-order valence-corrected chi connectivity index (χ3v) is 4.34. The lowest BCUT2D eigenvalue weighted by atomic mass is 10.1. The zero-order valence-corrected chi connectivity index (χ0v) is 13.4. The molecule has 1 amide bonds. The first kappa shape index (κ1) is 15.4. The number of rotatable bonds is 6. The van der Waals surface area contributed by atoms with Crippen molar-refractivity contribution in [2.45, 2.75) is 12.5 Å². The molecule has 3 heterocycles. The molecule has 0 aliphatic carbocycles. The van der Waals surface area contributed by atoms with Crippen molar-refractivity contribution < 1.29 is 9.63 Å². The molecule has 0 saturated heterocycles. The van der Waals surface area contributed by atoms with Crippen LogP contribution in [0, 0.1) is 0 Å². The summed E-state index contributed by atoms with van der Waals surface area (Å²) >= 11 is 1.44. The van der Waals surface area contributed by atoms with Gasteiger partial charge in [-0.1, -0.05) is 23.4 Å². The molecule has 0 spiro atoms. The molecule has 5 nitrogen and oxygen atoms in total. The predicted octanol–water partition coefficient (Wildman–Crippen LogP) is 2.96. The third-order valence-electron chi connectivity index (χ3n) is 3.49. The summed E-state index contributed by atoms with van der Waals surface area (Å²) in [5, 5.41) is 6.01. The number of thiophene rings is 1. The van der Waals surface area contributed by atoms with E-state index < -0.39 is 0 Å². The van der Waals surface area contributed by atoms with Crippen LogP contribution in [0.3, 0.4) is 0 Å². The van der Waals surface area contributed by atoms with Crippen molar-refractivity contribution in [1.82, 2.24) is 9.88 Å². The zero-order valence-electron chi connectivity index (χ0n) is 12.6. The summed E-state index contributed by atoms with van der Waals surface area (Å²) in [7, 11) is 0. The second-order valence-corrected chi connectivity index (χ2v) is 6.11. The lowest BCUT2D eigenvalue weighted by Gasteiger charge is -2.22. The van der Waals surface area contributed by atoms with Crippen LogP contribution in [0.1, 0.15) is 21.8 Å². The van der Waals surface area contributed by atoms with Crippen LogP contribution in [0.15, 0.2) is 59.7 Å². The summed E-state index contributed by atoms with van der Waals surface area (Å²) in [6.45, 7) is 4.69. The minimum absolute atomic E-state index is 0.00483. The van der Waals surface area contributed by atoms with Gasteiger partial charge >= 0.3 is 0 Å². The Hall–Kier alpha value is -2.47. The summed E-state index contributed by atoms with van der Waals surface area (Å²) < 4.78 is 0. The van der Waals surface area contributed by atoms with Gasteiger partial charge in [-0.3, -0.25) is 9.78 Å². The van der Waals surface area contributed by atoms with Crippen LogP contribution < -0.4 is 0 Å². The third kappa shape index (κ3) is 3.65. The molecule has 2 aromatic heterocycles. The van der Waals surface area contributed by atoms with Gasteiger partial charge in [-0.15, -0.1) is 17.9 Å². The Balaban J connectivity index is 1.64. The van der Waals surface area contributed by atoms with Crippen molar-refractivity contribution in [2.24, 2.45) is 5.16 Å². The number of aromatic nitrogens is 1. The van der Waals surface area contributed by atoms with Gasteiger partial charge in [0.15, 0.2) is 6.10 Å². The minimum Gasteiger partial charge on any atom is -0.390 e. The molecule has 0 aromatic carbocycles. The van der Waals surface area contributed by atoms with Gasteiger partial charge in [-0.05, 0) is 23.6 Å². The molecule has 1 atom stereocenters. The summed E-state index contributed by atoms with van der Waals surface area (Å²) in [5.74, 6) is -0.00483. The minimum atomic E-state index is -0.157. The van der Waals surface area contributed by atoms with E-state index in [0.717, 1.165) is 16.3 Å². The van der Waals surface area contributed by atoms with E-state index in [0.29, 0.717) is 19.5 Å². The summed E-state index contributed by atoms with van der Waals surface area (Å²) in [5.41, 5.74) is 1.63. The average Bonchev–Trinajstić information content (AvgIpc) is 3.26. The van der Waals surface area contributed by atoms with Gasteiger partial charge < -0.3 is 9.74 Å². The number of carbonyl (C=O) groups excluding carboxylic acids is 1. The number of oxime groups is 1. The van der Waals surface area contributed by atoms with Crippen LogP contribution in [0.4, 0.5) is 0 Å². The lowest BCUT2D eigenvalue weighted by Crippen LogP contribution is -2.37. The van der Waals surface area contributed by atoms with Gasteiger partial charge in [0.1, 0.15) is 5.71 Å². The Morgan fingerprint density at radius 3 is 3.04 bits per heavy atom. The molecule has 0 radical (unpaired) electrons. The highest BCUT2D eigenvalue weighted by Crippen LogP contribution is 2.18. The quantitative estimate of drug-likeness (QED) is 0.767. The molecule has 2 aromatic rings. The molecule has 0 unspecified atom stereocenters. The van der Waals surface area contributed by atoms with Gasteiger partial charge in [0.25, 0.3) is 5.91 Å². The Labute approximate surface area is 138 Å². The maximum atomic E-state index is 12.5. The Morgan fingerprint density at radius 1 is 1.43 bits per heavy atom. The van der Waals surface area contributed by atoms with E-state index in [2.05, 4.69) is 16.7 Å². The van der Waals surface area contributed by atoms with Crippen LogP contribution in [-0.2, 0) is 4.84 Å². The van der Waals surface area contributed by atoms with E-state index >= 15 is 0 Å². The topological polar surface area (TPSA) is 54.8 Å². The fraction of sp³-hybridized carbons (Fsp3) is 0.235. The van der Waals surface area contributed by atoms with E-state index in [1.165, 1.54) is 11.3 Å². The van der Waals surface area contributed by atoms with Gasteiger partial charge in [0.05, 0.1) is 17.1 Å². The fourth-order valence-electron chi connectivity index (χ4n) is 2.41. The first-order valence-corrected chi connectivity index (χ1v) is 8.23. The summed E-state index contributed by atoms with van der Waals surface area (Å²) in [6.07, 6.45) is 3.94. The van der Waals surface area contributed by atoms with E-state index in [-0.39, 0.29) is 12.0 Å². The summed E-state index contributed by atoms with van der Waals surface area (Å²) in [6, 6.07) is 9.39. The maximum absolute atomic E-state index is 12.5. The number of nitrogens with zero attached hydrogens (tertiary/aromatic N) is 3. The molecule has 0 bridgehead atoms. The molecule has 0 saturated carbocycles. The van der Waals surface area contributed by atoms with E-state index in [4.69, 9.17) is 4.84 Å². The number of hydrogen-bond donors (Lipinski definition) is 0. The molecule has 1 aliphatic rings. The van der Waals surface area contributed by atoms with Gasteiger partial charge in [-0.2, -0.15) is 0 Å². The molecular weight excluding hydrogens is 310 g/mol. The monoisotopic (exact) mass is 327 g/mol. The van der Waals surface area contributed by atoms with Crippen LogP contribution in [0.25, 0.3) is 0 Å². The van der Waals surface area contributed by atoms with Crippen LogP contribution in [0.2, 0.25) is 0 Å². The molecule has 118 valence electrons. The second-order valence-electron chi connectivity index (χ2n) is 5.16. The van der Waals surface area contributed by atoms with E-state index in [9.17, 15) is 4.79 Å². The highest BCUT2D eigenvalue weighted by molar-refractivity contribution is 7.12. The number of amides is 1. The maximum Gasteiger partial charge on any atom is 0.264 e. The first-order chi connectivity index (χ1) is 11.3. The van der Waals surface area contributed by atoms with Crippen molar-refractivity contribution in [2.75, 3.05) is 13.1 Å². The summed E-state index contributed by atoms with van der Waals surface area (Å²) in [4.78, 5) is 24.7. The molecule has 23 heavy (non-hydrogen) atoms. The SMILES string of the molecule is C=CCN(C[C@@H]1CC(c2ccccn2)=NO1)C(=O)c1cccs1. The molecule has 0 fully saturated rings. The van der Waals surface area contributed by atoms with Crippen LogP contribution >= 0.6 is 11.3 Å². The van der Waals surface area contributed by atoms with E-state index in [1.807, 2.05) is 35.7 Å². The molecule has 1 aliphatic heterocycles. The van der Waals surface area contributed by atoms with Gasteiger partial charge in [0.2, 0.25) is 0 Å². The van der Waals surface area contributed by atoms with Crippen molar-refractivity contribution in [3.63, 3.8) is 0 Å². The highest BCUT2D eigenvalue weighted by Gasteiger charge is 2.27. The smallest absolute Gasteiger partial charge is 0.264 e. The average molecular weight is 327 g/mol. The Kier molecular flexibility index (Phi) is 4.83.